The lowest BCUT2D eigenvalue weighted by Gasteiger charge is -2.32. The molecule has 1 N–H and O–H groups in total. The van der Waals surface area contributed by atoms with Gasteiger partial charge in [-0.2, -0.15) is 4.98 Å². The Hall–Kier alpha value is -3.41. The molecule has 0 saturated carbocycles. The van der Waals surface area contributed by atoms with Crippen LogP contribution in [0.1, 0.15) is 19.4 Å². The molecular weight excluding hydrogens is 449 g/mol. The van der Waals surface area contributed by atoms with Gasteiger partial charge in [0.05, 0.1) is 18.7 Å². The van der Waals surface area contributed by atoms with Crippen molar-refractivity contribution >= 4 is 22.5 Å². The number of nitrogens with zero attached hydrogens (tertiary/aromatic N) is 7. The summed E-state index contributed by atoms with van der Waals surface area (Å²) in [7, 11) is 3.40. The Balaban J connectivity index is 1.52. The molecule has 4 heterocycles. The third kappa shape index (κ3) is 3.91. The fraction of sp³-hybridized carbons (Fsp3) is 0.455. The second-order valence-corrected chi connectivity index (χ2v) is 8.60. The van der Waals surface area contributed by atoms with Crippen LogP contribution in [0.5, 0.6) is 5.88 Å². The van der Waals surface area contributed by atoms with Crippen molar-refractivity contribution in [3.63, 3.8) is 0 Å². The van der Waals surface area contributed by atoms with Crippen molar-refractivity contribution in [1.29, 1.82) is 0 Å². The van der Waals surface area contributed by atoms with Crippen LogP contribution in [0.25, 0.3) is 27.7 Å². The molecule has 1 aliphatic rings. The molecule has 4 aromatic rings. The zero-order valence-corrected chi connectivity index (χ0v) is 19.0. The molecule has 9 nitrogen and oxygen atoms in total. The number of nitrogens with one attached hydrogen (secondary N) is 1. The molecular formula is C22H25F3N8O. The van der Waals surface area contributed by atoms with Gasteiger partial charge in [0.25, 0.3) is 6.43 Å². The standard InChI is InChI=1S/C22H25F3N8O/c1-12(20(24)25)33-18-10-13(4-5-17(18)28-30-33)14-6-9-32-19(14)21(34-3)27-22(29-32)26-16-7-8-31(2)11-15(16)23/h4-6,9-10,12,15-16,20H,7-8,11H2,1-3H3,(H,26,29)/t12-,15+,16-/m0/s1. The topological polar surface area (TPSA) is 85.4 Å². The van der Waals surface area contributed by atoms with Crippen LogP contribution in [-0.4, -0.2) is 80.4 Å². The lowest BCUT2D eigenvalue weighted by molar-refractivity contribution is 0.0866. The first-order valence-corrected chi connectivity index (χ1v) is 11.0. The van der Waals surface area contributed by atoms with Gasteiger partial charge in [0, 0.05) is 24.8 Å². The van der Waals surface area contributed by atoms with Crippen LogP contribution in [-0.2, 0) is 0 Å². The van der Waals surface area contributed by atoms with Crippen LogP contribution in [0.4, 0.5) is 19.1 Å². The van der Waals surface area contributed by atoms with E-state index in [2.05, 4.69) is 25.7 Å². The minimum Gasteiger partial charge on any atom is -0.479 e. The summed E-state index contributed by atoms with van der Waals surface area (Å²) in [6.45, 7) is 2.53. The van der Waals surface area contributed by atoms with Gasteiger partial charge in [-0.1, -0.05) is 11.3 Å². The molecule has 0 spiro atoms. The van der Waals surface area contributed by atoms with Crippen LogP contribution in [0, 0.1) is 0 Å². The van der Waals surface area contributed by atoms with E-state index < -0.39 is 18.6 Å². The molecule has 34 heavy (non-hydrogen) atoms. The Labute approximate surface area is 193 Å². The van der Waals surface area contributed by atoms with Crippen LogP contribution in [0.2, 0.25) is 0 Å². The minimum atomic E-state index is -2.57. The van der Waals surface area contributed by atoms with Gasteiger partial charge >= 0.3 is 0 Å². The number of anilines is 1. The zero-order chi connectivity index (χ0) is 24.0. The van der Waals surface area contributed by atoms with Gasteiger partial charge < -0.3 is 15.0 Å². The van der Waals surface area contributed by atoms with Gasteiger partial charge in [-0.25, -0.2) is 22.4 Å². The molecule has 5 rings (SSSR count). The van der Waals surface area contributed by atoms with Crippen molar-refractivity contribution in [2.75, 3.05) is 32.6 Å². The molecule has 1 aliphatic heterocycles. The zero-order valence-electron chi connectivity index (χ0n) is 19.0. The number of hydrogen-bond donors (Lipinski definition) is 1. The van der Waals surface area contributed by atoms with Crippen LogP contribution < -0.4 is 10.1 Å². The fourth-order valence-corrected chi connectivity index (χ4v) is 4.32. The summed E-state index contributed by atoms with van der Waals surface area (Å²) >= 11 is 0. The van der Waals surface area contributed by atoms with Crippen molar-refractivity contribution < 1.29 is 17.9 Å². The van der Waals surface area contributed by atoms with E-state index in [9.17, 15) is 13.2 Å². The lowest BCUT2D eigenvalue weighted by Crippen LogP contribution is -2.46. The monoisotopic (exact) mass is 474 g/mol. The van der Waals surface area contributed by atoms with Crippen LogP contribution >= 0.6 is 0 Å². The third-order valence-corrected chi connectivity index (χ3v) is 6.26. The Morgan fingerprint density at radius 2 is 2.06 bits per heavy atom. The van der Waals surface area contributed by atoms with E-state index in [0.717, 1.165) is 17.7 Å². The maximum atomic E-state index is 14.5. The van der Waals surface area contributed by atoms with Gasteiger partial charge in [0.15, 0.2) is 0 Å². The smallest absolute Gasteiger partial charge is 0.260 e. The van der Waals surface area contributed by atoms with Crippen LogP contribution in [0.3, 0.4) is 0 Å². The maximum Gasteiger partial charge on any atom is 0.260 e. The van der Waals surface area contributed by atoms with Gasteiger partial charge in [0.2, 0.25) is 11.8 Å². The average Bonchev–Trinajstić information content (AvgIpc) is 3.43. The normalized spacial score (nSPS) is 20.3. The Kier molecular flexibility index (Phi) is 5.76. The first-order chi connectivity index (χ1) is 16.4. The fourth-order valence-electron chi connectivity index (χ4n) is 4.32. The summed E-state index contributed by atoms with van der Waals surface area (Å²) < 4.78 is 49.5. The minimum absolute atomic E-state index is 0.271. The van der Waals surface area contributed by atoms with E-state index in [4.69, 9.17) is 4.74 Å². The van der Waals surface area contributed by atoms with Crippen molar-refractivity contribution in [2.45, 2.75) is 38.0 Å². The molecule has 1 aromatic carbocycles. The molecule has 1 saturated heterocycles. The second kappa shape index (κ2) is 8.75. The number of likely N-dealkylation sites (tertiary alicyclic amines) is 1. The molecule has 180 valence electrons. The number of hydrogen-bond acceptors (Lipinski definition) is 7. The predicted octanol–water partition coefficient (Wildman–Crippen LogP) is 3.43. The number of halogens is 3. The van der Waals surface area contributed by atoms with E-state index in [1.54, 1.807) is 22.8 Å². The Bertz CT molecular complexity index is 1320. The number of methoxy groups -OCH3 is 1. The summed E-state index contributed by atoms with van der Waals surface area (Å²) in [4.78, 5) is 6.42. The number of fused-ring (bicyclic) bond motifs is 2. The Morgan fingerprint density at radius 1 is 1.24 bits per heavy atom. The van der Waals surface area contributed by atoms with Crippen molar-refractivity contribution in [2.24, 2.45) is 0 Å². The number of benzene rings is 1. The Morgan fingerprint density at radius 3 is 2.79 bits per heavy atom. The lowest BCUT2D eigenvalue weighted by atomic mass is 10.0. The van der Waals surface area contributed by atoms with Gasteiger partial charge in [-0.05, 0) is 44.2 Å². The van der Waals surface area contributed by atoms with Crippen molar-refractivity contribution in [3.05, 3.63) is 30.5 Å². The highest BCUT2D eigenvalue weighted by molar-refractivity contribution is 5.89. The van der Waals surface area contributed by atoms with Crippen molar-refractivity contribution in [3.8, 4) is 17.0 Å². The molecule has 0 amide bonds. The highest BCUT2D eigenvalue weighted by Gasteiger charge is 2.28. The molecule has 0 bridgehead atoms. The summed E-state index contributed by atoms with van der Waals surface area (Å²) in [5.41, 5.74) is 3.13. The summed E-state index contributed by atoms with van der Waals surface area (Å²) in [5, 5.41) is 15.5. The molecule has 12 heteroatoms. The van der Waals surface area contributed by atoms with Crippen LogP contribution in [0.15, 0.2) is 30.5 Å². The van der Waals surface area contributed by atoms with Gasteiger partial charge in [-0.3, -0.25) is 0 Å². The second-order valence-electron chi connectivity index (χ2n) is 8.60. The van der Waals surface area contributed by atoms with Crippen molar-refractivity contribution in [1.82, 2.24) is 34.5 Å². The maximum absolute atomic E-state index is 14.5. The number of piperidine rings is 1. The quantitative estimate of drug-likeness (QED) is 0.458. The largest absolute Gasteiger partial charge is 0.479 e. The molecule has 3 aromatic heterocycles. The van der Waals surface area contributed by atoms with Gasteiger partial charge in [-0.15, -0.1) is 10.2 Å². The van der Waals surface area contributed by atoms with E-state index >= 15 is 0 Å². The highest BCUT2D eigenvalue weighted by atomic mass is 19.3. The predicted molar refractivity (Wildman–Crippen MR) is 121 cm³/mol. The summed E-state index contributed by atoms with van der Waals surface area (Å²) in [6, 6.07) is 5.68. The van der Waals surface area contributed by atoms with E-state index in [-0.39, 0.29) is 12.0 Å². The first kappa shape index (κ1) is 22.4. The molecule has 0 aliphatic carbocycles. The highest BCUT2D eigenvalue weighted by Crippen LogP contribution is 2.33. The third-order valence-electron chi connectivity index (χ3n) is 6.26. The van der Waals surface area contributed by atoms with E-state index in [0.29, 0.717) is 35.4 Å². The van der Waals surface area contributed by atoms with Gasteiger partial charge in [0.1, 0.15) is 23.2 Å². The summed E-state index contributed by atoms with van der Waals surface area (Å²) in [5.74, 6) is 0.584. The number of aromatic nitrogens is 6. The van der Waals surface area contributed by atoms with E-state index in [1.807, 2.05) is 24.1 Å². The average molecular weight is 474 g/mol. The SMILES string of the molecule is COc1nc(N[C@H]2CCN(C)C[C@H]2F)nn2ccc(-c3ccc4nnn([C@@H](C)C(F)F)c4c3)c12. The molecule has 1 fully saturated rings. The molecule has 0 unspecified atom stereocenters. The van der Waals surface area contributed by atoms with E-state index in [1.165, 1.54) is 18.7 Å². The number of rotatable bonds is 6. The molecule has 0 radical (unpaired) electrons. The summed E-state index contributed by atoms with van der Waals surface area (Å²) in [6.07, 6.45) is -1.22. The first-order valence-electron chi connectivity index (χ1n) is 11.0. The molecule has 3 atom stereocenters. The number of ether oxygens (including phenoxy) is 1. The number of alkyl halides is 3.